The van der Waals surface area contributed by atoms with E-state index in [9.17, 15) is 0 Å². The van der Waals surface area contributed by atoms with Gasteiger partial charge in [0.25, 0.3) is 0 Å². The lowest BCUT2D eigenvalue weighted by molar-refractivity contribution is 0.307. The standard InChI is InChI=1S/C15H17N3OS/c1-11-10-18-15(20-11)12(2)17-6-7-19-14-5-3-4-13(8-14)9-16/h3-5,8,10,12,17H,6-7H2,1-2H3/t12-/m0/s1. The Kier molecular flexibility index (Phi) is 5.10. The molecule has 2 aromatic rings. The number of hydrogen-bond donors (Lipinski definition) is 1. The molecule has 0 fully saturated rings. The van der Waals surface area contributed by atoms with Gasteiger partial charge in [-0.2, -0.15) is 5.26 Å². The summed E-state index contributed by atoms with van der Waals surface area (Å²) in [4.78, 5) is 5.58. The highest BCUT2D eigenvalue weighted by Gasteiger charge is 2.08. The van der Waals surface area contributed by atoms with E-state index in [0.717, 1.165) is 17.3 Å². The van der Waals surface area contributed by atoms with Gasteiger partial charge < -0.3 is 10.1 Å². The van der Waals surface area contributed by atoms with Crippen LogP contribution in [0.5, 0.6) is 5.75 Å². The van der Waals surface area contributed by atoms with E-state index in [2.05, 4.69) is 30.2 Å². The Morgan fingerprint density at radius 2 is 2.35 bits per heavy atom. The van der Waals surface area contributed by atoms with Crippen LogP contribution >= 0.6 is 11.3 Å². The average molecular weight is 287 g/mol. The van der Waals surface area contributed by atoms with Crippen LogP contribution in [0.15, 0.2) is 30.5 Å². The quantitative estimate of drug-likeness (QED) is 0.830. The van der Waals surface area contributed by atoms with Gasteiger partial charge in [-0.25, -0.2) is 4.98 Å². The highest BCUT2D eigenvalue weighted by molar-refractivity contribution is 7.11. The lowest BCUT2D eigenvalue weighted by atomic mass is 10.2. The van der Waals surface area contributed by atoms with Gasteiger partial charge in [0.15, 0.2) is 0 Å². The van der Waals surface area contributed by atoms with Crippen LogP contribution in [-0.4, -0.2) is 18.1 Å². The normalized spacial score (nSPS) is 11.8. The van der Waals surface area contributed by atoms with Crippen molar-refractivity contribution in [1.82, 2.24) is 10.3 Å². The van der Waals surface area contributed by atoms with E-state index < -0.39 is 0 Å². The average Bonchev–Trinajstić information content (AvgIpc) is 2.90. The number of nitriles is 1. The third-order valence-corrected chi connectivity index (χ3v) is 3.89. The maximum atomic E-state index is 8.81. The van der Waals surface area contributed by atoms with Crippen LogP contribution in [0.25, 0.3) is 0 Å². The molecule has 1 aromatic heterocycles. The lowest BCUT2D eigenvalue weighted by Gasteiger charge is -2.12. The molecule has 0 amide bonds. The van der Waals surface area contributed by atoms with Crippen molar-refractivity contribution in [2.75, 3.05) is 13.2 Å². The van der Waals surface area contributed by atoms with Gasteiger partial charge >= 0.3 is 0 Å². The maximum Gasteiger partial charge on any atom is 0.120 e. The first kappa shape index (κ1) is 14.5. The summed E-state index contributed by atoms with van der Waals surface area (Å²) in [5, 5.41) is 13.3. The van der Waals surface area contributed by atoms with Gasteiger partial charge in [-0.15, -0.1) is 11.3 Å². The highest BCUT2D eigenvalue weighted by atomic mass is 32.1. The Labute approximate surface area is 123 Å². The van der Waals surface area contributed by atoms with Crippen molar-refractivity contribution in [1.29, 1.82) is 5.26 Å². The molecule has 0 unspecified atom stereocenters. The largest absolute Gasteiger partial charge is 0.492 e. The molecule has 0 aliphatic heterocycles. The second kappa shape index (κ2) is 7.04. The van der Waals surface area contributed by atoms with Crippen molar-refractivity contribution in [2.24, 2.45) is 0 Å². The summed E-state index contributed by atoms with van der Waals surface area (Å²) >= 11 is 1.70. The summed E-state index contributed by atoms with van der Waals surface area (Å²) in [6.45, 7) is 5.44. The zero-order chi connectivity index (χ0) is 14.4. The van der Waals surface area contributed by atoms with Crippen molar-refractivity contribution in [2.45, 2.75) is 19.9 Å². The van der Waals surface area contributed by atoms with Gasteiger partial charge in [-0.3, -0.25) is 0 Å². The monoisotopic (exact) mass is 287 g/mol. The number of benzene rings is 1. The first-order valence-corrected chi connectivity index (χ1v) is 7.29. The van der Waals surface area contributed by atoms with Gasteiger partial charge in [0, 0.05) is 17.6 Å². The molecule has 1 aromatic carbocycles. The smallest absolute Gasteiger partial charge is 0.120 e. The molecule has 20 heavy (non-hydrogen) atoms. The van der Waals surface area contributed by atoms with E-state index in [4.69, 9.17) is 10.00 Å². The molecule has 4 nitrogen and oxygen atoms in total. The third-order valence-electron chi connectivity index (χ3n) is 2.79. The summed E-state index contributed by atoms with van der Waals surface area (Å²) in [6.07, 6.45) is 1.89. The number of aryl methyl sites for hydroxylation is 1. The molecule has 1 heterocycles. The van der Waals surface area contributed by atoms with Gasteiger partial charge in [-0.05, 0) is 32.0 Å². The minimum Gasteiger partial charge on any atom is -0.492 e. The first-order chi connectivity index (χ1) is 9.69. The topological polar surface area (TPSA) is 57.9 Å². The molecule has 1 N–H and O–H groups in total. The molecular formula is C15H17N3OS. The van der Waals surface area contributed by atoms with Crippen LogP contribution < -0.4 is 10.1 Å². The van der Waals surface area contributed by atoms with E-state index in [1.54, 1.807) is 23.5 Å². The van der Waals surface area contributed by atoms with E-state index in [0.29, 0.717) is 12.2 Å². The van der Waals surface area contributed by atoms with Gasteiger partial charge in [0.05, 0.1) is 17.7 Å². The van der Waals surface area contributed by atoms with Crippen molar-refractivity contribution in [3.8, 4) is 11.8 Å². The molecule has 0 bridgehead atoms. The number of aromatic nitrogens is 1. The number of nitrogens with zero attached hydrogens (tertiary/aromatic N) is 2. The Morgan fingerprint density at radius 1 is 1.50 bits per heavy atom. The maximum absolute atomic E-state index is 8.81. The van der Waals surface area contributed by atoms with E-state index in [1.807, 2.05) is 18.3 Å². The molecule has 0 saturated carbocycles. The second-order valence-corrected chi connectivity index (χ2v) is 5.74. The van der Waals surface area contributed by atoms with Crippen LogP contribution in [0.2, 0.25) is 0 Å². The molecule has 0 saturated heterocycles. The first-order valence-electron chi connectivity index (χ1n) is 6.47. The van der Waals surface area contributed by atoms with Crippen molar-refractivity contribution in [3.63, 3.8) is 0 Å². The Morgan fingerprint density at radius 3 is 3.05 bits per heavy atom. The highest BCUT2D eigenvalue weighted by Crippen LogP contribution is 2.18. The van der Waals surface area contributed by atoms with E-state index in [1.165, 1.54) is 4.88 Å². The Hall–Kier alpha value is -1.90. The van der Waals surface area contributed by atoms with Crippen LogP contribution in [-0.2, 0) is 0 Å². The SMILES string of the molecule is Cc1cnc([C@H](C)NCCOc2cccc(C#N)c2)s1. The van der Waals surface area contributed by atoms with Crippen LogP contribution in [0.1, 0.15) is 28.4 Å². The molecule has 104 valence electrons. The predicted octanol–water partition coefficient (Wildman–Crippen LogP) is 3.05. The lowest BCUT2D eigenvalue weighted by Crippen LogP contribution is -2.24. The number of hydrogen-bond acceptors (Lipinski definition) is 5. The Balaban J connectivity index is 1.75. The fourth-order valence-electron chi connectivity index (χ4n) is 1.76. The number of nitrogens with one attached hydrogen (secondary N) is 1. The number of ether oxygens (including phenoxy) is 1. The summed E-state index contributed by atoms with van der Waals surface area (Å²) in [5.74, 6) is 0.726. The second-order valence-electron chi connectivity index (χ2n) is 4.47. The molecule has 0 aliphatic carbocycles. The predicted molar refractivity (Wildman–Crippen MR) is 79.9 cm³/mol. The molecule has 0 radical (unpaired) electrons. The van der Waals surface area contributed by atoms with Gasteiger partial charge in [0.2, 0.25) is 0 Å². The summed E-state index contributed by atoms with van der Waals surface area (Å²) in [5.41, 5.74) is 0.613. The third kappa shape index (κ3) is 4.05. The molecular weight excluding hydrogens is 270 g/mol. The molecule has 1 atom stereocenters. The molecule has 0 spiro atoms. The van der Waals surface area contributed by atoms with E-state index >= 15 is 0 Å². The Bertz CT molecular complexity index is 603. The van der Waals surface area contributed by atoms with Crippen LogP contribution in [0.3, 0.4) is 0 Å². The van der Waals surface area contributed by atoms with Crippen molar-refractivity contribution < 1.29 is 4.74 Å². The van der Waals surface area contributed by atoms with Crippen molar-refractivity contribution in [3.05, 3.63) is 45.9 Å². The number of thiazole rings is 1. The van der Waals surface area contributed by atoms with Crippen LogP contribution in [0, 0.1) is 18.3 Å². The zero-order valence-corrected chi connectivity index (χ0v) is 12.4. The minimum atomic E-state index is 0.225. The zero-order valence-electron chi connectivity index (χ0n) is 11.6. The fraction of sp³-hybridized carbons (Fsp3) is 0.333. The summed E-state index contributed by atoms with van der Waals surface area (Å²) in [6, 6.07) is 9.50. The summed E-state index contributed by atoms with van der Waals surface area (Å²) in [7, 11) is 0. The van der Waals surface area contributed by atoms with Gasteiger partial charge in [-0.1, -0.05) is 6.07 Å². The fourth-order valence-corrected chi connectivity index (χ4v) is 2.56. The van der Waals surface area contributed by atoms with Crippen LogP contribution in [0.4, 0.5) is 0 Å². The number of rotatable bonds is 6. The summed E-state index contributed by atoms with van der Waals surface area (Å²) < 4.78 is 5.61. The minimum absolute atomic E-state index is 0.225. The van der Waals surface area contributed by atoms with Gasteiger partial charge in [0.1, 0.15) is 17.4 Å². The molecule has 0 aliphatic rings. The molecule has 2 rings (SSSR count). The molecule has 5 heteroatoms. The van der Waals surface area contributed by atoms with Crippen molar-refractivity contribution >= 4 is 11.3 Å². The van der Waals surface area contributed by atoms with E-state index in [-0.39, 0.29) is 6.04 Å².